The van der Waals surface area contributed by atoms with Crippen molar-refractivity contribution in [2.24, 2.45) is 0 Å². The fourth-order valence-corrected chi connectivity index (χ4v) is 3.00. The standard InChI is InChI=1S/C13H8BrFIN3/c14-8-2-1-3-9(15)12(8)19-11-5-4-7(16)6-10(11)18-13(19)17/h1-6H,(H2,17,18). The van der Waals surface area contributed by atoms with E-state index in [4.69, 9.17) is 5.73 Å². The summed E-state index contributed by atoms with van der Waals surface area (Å²) < 4.78 is 17.4. The molecule has 1 aromatic heterocycles. The fourth-order valence-electron chi connectivity index (χ4n) is 2.01. The number of halogens is 3. The number of fused-ring (bicyclic) bond motifs is 1. The van der Waals surface area contributed by atoms with Gasteiger partial charge < -0.3 is 5.73 Å². The molecular formula is C13H8BrFIN3. The van der Waals surface area contributed by atoms with Crippen molar-refractivity contribution < 1.29 is 4.39 Å². The molecule has 0 saturated heterocycles. The van der Waals surface area contributed by atoms with Gasteiger partial charge in [0, 0.05) is 8.04 Å². The van der Waals surface area contributed by atoms with Crippen molar-refractivity contribution in [3.05, 3.63) is 50.3 Å². The van der Waals surface area contributed by atoms with Gasteiger partial charge in [-0.2, -0.15) is 0 Å². The maximum absolute atomic E-state index is 14.1. The minimum atomic E-state index is -0.348. The SMILES string of the molecule is Nc1nc2cc(I)ccc2n1-c1c(F)cccc1Br. The number of benzene rings is 2. The molecule has 0 amide bonds. The highest BCUT2D eigenvalue weighted by molar-refractivity contribution is 14.1. The Kier molecular flexibility index (Phi) is 3.22. The summed E-state index contributed by atoms with van der Waals surface area (Å²) in [4.78, 5) is 4.28. The average molecular weight is 432 g/mol. The lowest BCUT2D eigenvalue weighted by Crippen LogP contribution is -2.03. The van der Waals surface area contributed by atoms with Crippen molar-refractivity contribution in [3.63, 3.8) is 0 Å². The molecule has 0 saturated carbocycles. The van der Waals surface area contributed by atoms with Crippen LogP contribution in [-0.4, -0.2) is 9.55 Å². The molecule has 2 N–H and O–H groups in total. The van der Waals surface area contributed by atoms with Crippen molar-refractivity contribution in [2.75, 3.05) is 5.73 Å². The second kappa shape index (κ2) is 4.75. The lowest BCUT2D eigenvalue weighted by atomic mass is 10.2. The molecule has 3 rings (SSSR count). The number of hydrogen-bond donors (Lipinski definition) is 1. The first-order valence-electron chi connectivity index (χ1n) is 5.46. The zero-order chi connectivity index (χ0) is 13.6. The molecule has 2 aromatic carbocycles. The number of nitrogens with two attached hydrogens (primary N) is 1. The van der Waals surface area contributed by atoms with Crippen LogP contribution in [-0.2, 0) is 0 Å². The third-order valence-corrected chi connectivity index (χ3v) is 4.11. The summed E-state index contributed by atoms with van der Waals surface area (Å²) >= 11 is 5.56. The van der Waals surface area contributed by atoms with Crippen LogP contribution in [0.1, 0.15) is 0 Å². The van der Waals surface area contributed by atoms with E-state index in [1.165, 1.54) is 6.07 Å². The summed E-state index contributed by atoms with van der Waals surface area (Å²) in [7, 11) is 0. The van der Waals surface area contributed by atoms with Gasteiger partial charge in [0.25, 0.3) is 0 Å². The van der Waals surface area contributed by atoms with Gasteiger partial charge in [0.05, 0.1) is 16.7 Å². The third-order valence-electron chi connectivity index (χ3n) is 2.80. The molecule has 0 aliphatic rings. The van der Waals surface area contributed by atoms with Gasteiger partial charge >= 0.3 is 0 Å². The molecule has 0 fully saturated rings. The molecule has 19 heavy (non-hydrogen) atoms. The summed E-state index contributed by atoms with van der Waals surface area (Å²) in [5.74, 6) is -0.0817. The zero-order valence-corrected chi connectivity index (χ0v) is 13.3. The second-order valence-corrected chi connectivity index (χ2v) is 6.11. The minimum absolute atomic E-state index is 0.266. The molecule has 1 heterocycles. The van der Waals surface area contributed by atoms with Gasteiger partial charge in [-0.05, 0) is 68.9 Å². The number of hydrogen-bond acceptors (Lipinski definition) is 2. The molecule has 3 nitrogen and oxygen atoms in total. The summed E-state index contributed by atoms with van der Waals surface area (Å²) in [5.41, 5.74) is 7.84. The van der Waals surface area contributed by atoms with Crippen molar-refractivity contribution in [2.45, 2.75) is 0 Å². The molecule has 0 spiro atoms. The topological polar surface area (TPSA) is 43.8 Å². The highest BCUT2D eigenvalue weighted by atomic mass is 127. The number of imidazole rings is 1. The van der Waals surface area contributed by atoms with Gasteiger partial charge in [-0.25, -0.2) is 9.37 Å². The second-order valence-electron chi connectivity index (χ2n) is 4.01. The molecule has 6 heteroatoms. The maximum atomic E-state index is 14.1. The first-order chi connectivity index (χ1) is 9.08. The monoisotopic (exact) mass is 431 g/mol. The first kappa shape index (κ1) is 12.9. The Morgan fingerprint density at radius 1 is 1.26 bits per heavy atom. The molecular weight excluding hydrogens is 424 g/mol. The average Bonchev–Trinajstić information content (AvgIpc) is 2.65. The molecule has 0 atom stereocenters. The Bertz CT molecular complexity index is 765. The Morgan fingerprint density at radius 2 is 2.05 bits per heavy atom. The van der Waals surface area contributed by atoms with Crippen LogP contribution in [0.3, 0.4) is 0 Å². The van der Waals surface area contributed by atoms with Crippen LogP contribution in [0.4, 0.5) is 10.3 Å². The largest absolute Gasteiger partial charge is 0.369 e. The van der Waals surface area contributed by atoms with E-state index >= 15 is 0 Å². The maximum Gasteiger partial charge on any atom is 0.206 e. The summed E-state index contributed by atoms with van der Waals surface area (Å²) in [5, 5.41) is 0. The number of para-hydroxylation sites is 1. The number of nitrogen functional groups attached to an aromatic ring is 1. The zero-order valence-electron chi connectivity index (χ0n) is 9.57. The third kappa shape index (κ3) is 2.12. The predicted molar refractivity (Wildman–Crippen MR) is 85.9 cm³/mol. The predicted octanol–water partition coefficient (Wildman–Crippen LogP) is 4.11. The van der Waals surface area contributed by atoms with E-state index in [0.717, 1.165) is 14.6 Å². The highest BCUT2D eigenvalue weighted by Crippen LogP contribution is 2.30. The summed E-state index contributed by atoms with van der Waals surface area (Å²) in [6.45, 7) is 0. The van der Waals surface area contributed by atoms with E-state index in [2.05, 4.69) is 43.5 Å². The lowest BCUT2D eigenvalue weighted by molar-refractivity contribution is 0.619. The fraction of sp³-hybridized carbons (Fsp3) is 0. The number of aromatic nitrogens is 2. The van der Waals surface area contributed by atoms with Gasteiger partial charge in [0.1, 0.15) is 5.82 Å². The van der Waals surface area contributed by atoms with Crippen LogP contribution in [0.5, 0.6) is 0 Å². The Morgan fingerprint density at radius 3 is 2.79 bits per heavy atom. The van der Waals surface area contributed by atoms with Gasteiger partial charge in [0.15, 0.2) is 0 Å². The molecule has 0 aliphatic carbocycles. The summed E-state index contributed by atoms with van der Waals surface area (Å²) in [6, 6.07) is 10.6. The van der Waals surface area contributed by atoms with Crippen LogP contribution in [0.25, 0.3) is 16.7 Å². The van der Waals surface area contributed by atoms with Crippen LogP contribution in [0.15, 0.2) is 40.9 Å². The van der Waals surface area contributed by atoms with Crippen LogP contribution < -0.4 is 5.73 Å². The molecule has 0 bridgehead atoms. The highest BCUT2D eigenvalue weighted by Gasteiger charge is 2.16. The van der Waals surface area contributed by atoms with E-state index in [-0.39, 0.29) is 11.8 Å². The lowest BCUT2D eigenvalue weighted by Gasteiger charge is -2.10. The Labute approximate surface area is 130 Å². The molecule has 96 valence electrons. The van der Waals surface area contributed by atoms with Crippen LogP contribution in [0, 0.1) is 9.39 Å². The van der Waals surface area contributed by atoms with E-state index in [1.54, 1.807) is 16.7 Å². The number of nitrogens with zero attached hydrogens (tertiary/aromatic N) is 2. The van der Waals surface area contributed by atoms with Gasteiger partial charge in [0.2, 0.25) is 5.95 Å². The normalized spacial score (nSPS) is 11.1. The van der Waals surface area contributed by atoms with E-state index in [9.17, 15) is 4.39 Å². The Balaban J connectivity index is 2.40. The van der Waals surface area contributed by atoms with Crippen molar-refractivity contribution in [1.82, 2.24) is 9.55 Å². The van der Waals surface area contributed by atoms with Gasteiger partial charge in [-0.1, -0.05) is 6.07 Å². The number of anilines is 1. The van der Waals surface area contributed by atoms with Crippen molar-refractivity contribution in [1.29, 1.82) is 0 Å². The summed E-state index contributed by atoms with van der Waals surface area (Å²) in [6.07, 6.45) is 0. The molecule has 0 radical (unpaired) electrons. The van der Waals surface area contributed by atoms with Crippen LogP contribution >= 0.6 is 38.5 Å². The van der Waals surface area contributed by atoms with Crippen molar-refractivity contribution >= 4 is 55.5 Å². The van der Waals surface area contributed by atoms with E-state index in [1.807, 2.05) is 18.2 Å². The minimum Gasteiger partial charge on any atom is -0.369 e. The molecule has 3 aromatic rings. The van der Waals surface area contributed by atoms with Gasteiger partial charge in [-0.15, -0.1) is 0 Å². The molecule has 0 aliphatic heterocycles. The Hall–Kier alpha value is -1.15. The van der Waals surface area contributed by atoms with Crippen LogP contribution in [0.2, 0.25) is 0 Å². The molecule has 0 unspecified atom stereocenters. The van der Waals surface area contributed by atoms with Crippen molar-refractivity contribution in [3.8, 4) is 5.69 Å². The van der Waals surface area contributed by atoms with E-state index in [0.29, 0.717) is 10.2 Å². The van der Waals surface area contributed by atoms with E-state index < -0.39 is 0 Å². The first-order valence-corrected chi connectivity index (χ1v) is 7.33. The smallest absolute Gasteiger partial charge is 0.206 e. The quantitative estimate of drug-likeness (QED) is 0.589. The number of rotatable bonds is 1. The van der Waals surface area contributed by atoms with Gasteiger partial charge in [-0.3, -0.25) is 4.57 Å².